The van der Waals surface area contributed by atoms with Crippen LogP contribution in [0.25, 0.3) is 0 Å². The van der Waals surface area contributed by atoms with Gasteiger partial charge in [-0.25, -0.2) is 4.39 Å². The molecule has 3 rings (SSSR count). The third kappa shape index (κ3) is 6.83. The number of nitrogens with one attached hydrogen (secondary N) is 1. The van der Waals surface area contributed by atoms with Gasteiger partial charge in [0.25, 0.3) is 0 Å². The molecule has 0 bridgehead atoms. The van der Waals surface area contributed by atoms with Gasteiger partial charge in [-0.15, -0.1) is 0 Å². The number of nitrogens with two attached hydrogens (primary N) is 1. The summed E-state index contributed by atoms with van der Waals surface area (Å²) < 4.78 is 18.7. The van der Waals surface area contributed by atoms with Crippen LogP contribution in [-0.2, 0) is 16.1 Å². The van der Waals surface area contributed by atoms with Crippen LogP contribution < -0.4 is 11.1 Å². The van der Waals surface area contributed by atoms with Crippen molar-refractivity contribution in [3.05, 3.63) is 35.6 Å². The Labute approximate surface area is 167 Å². The predicted octanol–water partition coefficient (Wildman–Crippen LogP) is 2.83. The molecule has 1 aliphatic heterocycles. The highest BCUT2D eigenvalue weighted by atomic mass is 19.1. The first-order valence-corrected chi connectivity index (χ1v) is 10.7. The molecule has 2 aliphatic rings. The van der Waals surface area contributed by atoms with Crippen molar-refractivity contribution >= 4 is 5.91 Å². The molecular weight excluding hydrogens is 357 g/mol. The Hall–Kier alpha value is -1.50. The minimum absolute atomic E-state index is 0.111. The largest absolute Gasteiger partial charge is 0.379 e. The summed E-state index contributed by atoms with van der Waals surface area (Å²) in [6, 6.07) is 6.23. The average Bonchev–Trinajstić information content (AvgIpc) is 2.72. The zero-order valence-corrected chi connectivity index (χ0v) is 16.7. The van der Waals surface area contributed by atoms with Crippen molar-refractivity contribution in [2.24, 2.45) is 11.7 Å². The molecule has 1 aromatic carbocycles. The van der Waals surface area contributed by atoms with E-state index in [9.17, 15) is 9.18 Å². The maximum atomic E-state index is 13.0. The summed E-state index contributed by atoms with van der Waals surface area (Å²) in [6.45, 7) is 3.66. The fraction of sp³-hybridized carbons (Fsp3) is 0.682. The molecule has 0 spiro atoms. The smallest absolute Gasteiger partial charge is 0.239 e. The number of carbonyl (C=O) groups excluding carboxylic acids is 1. The fourth-order valence-electron chi connectivity index (χ4n) is 4.18. The second-order valence-electron chi connectivity index (χ2n) is 8.33. The van der Waals surface area contributed by atoms with Gasteiger partial charge in [0.05, 0.1) is 6.61 Å². The number of carbonyl (C=O) groups is 1. The quantitative estimate of drug-likeness (QED) is 0.715. The zero-order chi connectivity index (χ0) is 19.8. The van der Waals surface area contributed by atoms with E-state index in [1.54, 1.807) is 0 Å². The molecule has 0 aromatic heterocycles. The SMILES string of the molecule is NC(COCC1CCCCC1)C(=O)NC1CCN(Cc2ccc(F)cc2)CC1. The first kappa shape index (κ1) is 21.2. The van der Waals surface area contributed by atoms with Gasteiger partial charge in [0, 0.05) is 32.3 Å². The molecule has 28 heavy (non-hydrogen) atoms. The lowest BCUT2D eigenvalue weighted by atomic mass is 9.90. The van der Waals surface area contributed by atoms with Gasteiger partial charge in [-0.3, -0.25) is 9.69 Å². The van der Waals surface area contributed by atoms with E-state index in [1.165, 1.54) is 44.2 Å². The lowest BCUT2D eigenvalue weighted by Gasteiger charge is -2.33. The number of likely N-dealkylation sites (tertiary alicyclic amines) is 1. The van der Waals surface area contributed by atoms with Gasteiger partial charge >= 0.3 is 0 Å². The van der Waals surface area contributed by atoms with E-state index in [0.29, 0.717) is 12.5 Å². The van der Waals surface area contributed by atoms with E-state index in [1.807, 2.05) is 12.1 Å². The van der Waals surface area contributed by atoms with Crippen molar-refractivity contribution < 1.29 is 13.9 Å². The Bertz CT molecular complexity index is 596. The van der Waals surface area contributed by atoms with Crippen LogP contribution in [0.3, 0.4) is 0 Å². The summed E-state index contributed by atoms with van der Waals surface area (Å²) in [7, 11) is 0. The van der Waals surface area contributed by atoms with Crippen molar-refractivity contribution in [2.45, 2.75) is 63.6 Å². The lowest BCUT2D eigenvalue weighted by molar-refractivity contribution is -0.124. The van der Waals surface area contributed by atoms with Crippen LogP contribution in [0.1, 0.15) is 50.5 Å². The van der Waals surface area contributed by atoms with Crippen LogP contribution in [0.2, 0.25) is 0 Å². The van der Waals surface area contributed by atoms with E-state index >= 15 is 0 Å². The van der Waals surface area contributed by atoms with Crippen LogP contribution in [0, 0.1) is 11.7 Å². The van der Waals surface area contributed by atoms with Gasteiger partial charge in [-0.1, -0.05) is 31.4 Å². The third-order valence-corrected chi connectivity index (χ3v) is 5.97. The molecule has 5 nitrogen and oxygen atoms in total. The number of hydrogen-bond acceptors (Lipinski definition) is 4. The minimum atomic E-state index is -0.596. The molecule has 1 heterocycles. The number of benzene rings is 1. The van der Waals surface area contributed by atoms with E-state index < -0.39 is 6.04 Å². The molecule has 1 atom stereocenters. The maximum absolute atomic E-state index is 13.0. The van der Waals surface area contributed by atoms with Gasteiger partial charge < -0.3 is 15.8 Å². The first-order valence-electron chi connectivity index (χ1n) is 10.7. The fourth-order valence-corrected chi connectivity index (χ4v) is 4.18. The monoisotopic (exact) mass is 391 g/mol. The second kappa shape index (κ2) is 10.9. The summed E-state index contributed by atoms with van der Waals surface area (Å²) in [6.07, 6.45) is 8.20. The molecular formula is C22H34FN3O2. The van der Waals surface area contributed by atoms with E-state index in [2.05, 4.69) is 10.2 Å². The van der Waals surface area contributed by atoms with Gasteiger partial charge in [0.2, 0.25) is 5.91 Å². The van der Waals surface area contributed by atoms with Crippen molar-refractivity contribution in [2.75, 3.05) is 26.3 Å². The normalized spacial score (nSPS) is 20.8. The Morgan fingerprint density at radius 1 is 1.14 bits per heavy atom. The van der Waals surface area contributed by atoms with Crippen LogP contribution in [-0.4, -0.2) is 49.2 Å². The Kier molecular flexibility index (Phi) is 8.25. The van der Waals surface area contributed by atoms with Crippen LogP contribution >= 0.6 is 0 Å². The highest BCUT2D eigenvalue weighted by Crippen LogP contribution is 2.23. The molecule has 1 saturated carbocycles. The molecule has 1 unspecified atom stereocenters. The zero-order valence-electron chi connectivity index (χ0n) is 16.7. The number of rotatable bonds is 8. The average molecular weight is 392 g/mol. The van der Waals surface area contributed by atoms with Crippen molar-refractivity contribution in [3.8, 4) is 0 Å². The van der Waals surface area contributed by atoms with Crippen molar-refractivity contribution in [1.29, 1.82) is 0 Å². The summed E-state index contributed by atoms with van der Waals surface area (Å²) in [4.78, 5) is 14.7. The highest BCUT2D eigenvalue weighted by Gasteiger charge is 2.23. The van der Waals surface area contributed by atoms with Gasteiger partial charge in [0.15, 0.2) is 0 Å². The van der Waals surface area contributed by atoms with E-state index in [-0.39, 0.29) is 17.8 Å². The third-order valence-electron chi connectivity index (χ3n) is 5.97. The van der Waals surface area contributed by atoms with Gasteiger partial charge in [0.1, 0.15) is 11.9 Å². The molecule has 6 heteroatoms. The van der Waals surface area contributed by atoms with Crippen molar-refractivity contribution in [3.63, 3.8) is 0 Å². The van der Waals surface area contributed by atoms with Crippen LogP contribution in [0.5, 0.6) is 0 Å². The maximum Gasteiger partial charge on any atom is 0.239 e. The van der Waals surface area contributed by atoms with E-state index in [4.69, 9.17) is 10.5 Å². The molecule has 1 aliphatic carbocycles. The molecule has 1 amide bonds. The first-order chi connectivity index (χ1) is 13.6. The van der Waals surface area contributed by atoms with Gasteiger partial charge in [-0.05, 0) is 49.3 Å². The second-order valence-corrected chi connectivity index (χ2v) is 8.33. The highest BCUT2D eigenvalue weighted by molar-refractivity contribution is 5.81. The number of nitrogens with zero attached hydrogens (tertiary/aromatic N) is 1. The topological polar surface area (TPSA) is 67.6 Å². The number of hydrogen-bond donors (Lipinski definition) is 2. The summed E-state index contributed by atoms with van der Waals surface area (Å²) in [5.74, 6) is 0.319. The van der Waals surface area contributed by atoms with Crippen LogP contribution in [0.4, 0.5) is 4.39 Å². The molecule has 2 fully saturated rings. The van der Waals surface area contributed by atoms with E-state index in [0.717, 1.165) is 44.6 Å². The Balaban J connectivity index is 1.30. The molecule has 3 N–H and O–H groups in total. The summed E-state index contributed by atoms with van der Waals surface area (Å²) >= 11 is 0. The molecule has 0 radical (unpaired) electrons. The van der Waals surface area contributed by atoms with Crippen molar-refractivity contribution in [1.82, 2.24) is 10.2 Å². The summed E-state index contributed by atoms with van der Waals surface area (Å²) in [5, 5.41) is 3.08. The molecule has 156 valence electrons. The summed E-state index contributed by atoms with van der Waals surface area (Å²) in [5.41, 5.74) is 7.13. The number of amides is 1. The number of halogens is 1. The predicted molar refractivity (Wildman–Crippen MR) is 108 cm³/mol. The standard InChI is InChI=1S/C22H34FN3O2/c23-19-8-6-17(7-9-19)14-26-12-10-20(11-13-26)25-22(27)21(24)16-28-15-18-4-2-1-3-5-18/h6-9,18,20-21H,1-5,10-16,24H2,(H,25,27). The molecule has 1 saturated heterocycles. The van der Waals surface area contributed by atoms with Crippen LogP contribution in [0.15, 0.2) is 24.3 Å². The lowest BCUT2D eigenvalue weighted by Crippen LogP contribution is -2.50. The number of ether oxygens (including phenoxy) is 1. The number of piperidine rings is 1. The Morgan fingerprint density at radius 3 is 2.50 bits per heavy atom. The Morgan fingerprint density at radius 2 is 1.82 bits per heavy atom. The molecule has 1 aromatic rings. The van der Waals surface area contributed by atoms with Gasteiger partial charge in [-0.2, -0.15) is 0 Å². The minimum Gasteiger partial charge on any atom is -0.379 e.